The Bertz CT molecular complexity index is 691. The zero-order valence-corrected chi connectivity index (χ0v) is 13.0. The first-order valence-electron chi connectivity index (χ1n) is 6.30. The second-order valence-corrected chi connectivity index (χ2v) is 7.02. The summed E-state index contributed by atoms with van der Waals surface area (Å²) < 4.78 is 26.4. The minimum atomic E-state index is -3.45. The summed E-state index contributed by atoms with van der Waals surface area (Å²) in [6.45, 7) is 4.55. The van der Waals surface area contributed by atoms with Crippen LogP contribution in [0.1, 0.15) is 13.8 Å². The van der Waals surface area contributed by atoms with Crippen molar-refractivity contribution in [1.29, 1.82) is 0 Å². The fourth-order valence-corrected chi connectivity index (χ4v) is 4.03. The number of aromatic nitrogens is 1. The number of sulfonamides is 1. The number of anilines is 1. The Hall–Kier alpha value is -1.44. The van der Waals surface area contributed by atoms with Gasteiger partial charge in [0.2, 0.25) is 10.0 Å². The third kappa shape index (κ3) is 2.84. The Kier molecular flexibility index (Phi) is 4.42. The Labute approximate surface area is 123 Å². The predicted molar refractivity (Wildman–Crippen MR) is 82.1 cm³/mol. The number of nitrogens with zero attached hydrogens (tertiary/aromatic N) is 2. The van der Waals surface area contributed by atoms with Gasteiger partial charge in [-0.15, -0.1) is 11.3 Å². The molecule has 0 aliphatic heterocycles. The summed E-state index contributed by atoms with van der Waals surface area (Å²) in [5, 5.41) is 2.29. The van der Waals surface area contributed by atoms with Gasteiger partial charge in [0, 0.05) is 24.0 Å². The van der Waals surface area contributed by atoms with E-state index in [-0.39, 0.29) is 4.90 Å². The average molecular weight is 311 g/mol. The van der Waals surface area contributed by atoms with Crippen LogP contribution in [0.2, 0.25) is 0 Å². The highest BCUT2D eigenvalue weighted by Gasteiger charge is 2.21. The third-order valence-corrected chi connectivity index (χ3v) is 5.71. The molecule has 108 valence electrons. The Balaban J connectivity index is 2.45. The number of hydrogen-bond acceptors (Lipinski definition) is 5. The van der Waals surface area contributed by atoms with E-state index in [0.29, 0.717) is 23.9 Å². The minimum Gasteiger partial charge on any atom is -0.375 e. The Morgan fingerprint density at radius 3 is 2.55 bits per heavy atom. The minimum absolute atomic E-state index is 0.283. The normalized spacial score (nSPS) is 11.9. The molecule has 0 fully saturated rings. The van der Waals surface area contributed by atoms with Gasteiger partial charge in [-0.3, -0.25) is 0 Å². The Morgan fingerprint density at radius 1 is 1.30 bits per heavy atom. The SMILES string of the molecule is CCN(CC)S(=O)(=O)c1cccc(-c2csc(N)n2)c1. The van der Waals surface area contributed by atoms with Crippen LogP contribution in [0, 0.1) is 0 Å². The second kappa shape index (κ2) is 5.90. The molecule has 0 saturated carbocycles. The van der Waals surface area contributed by atoms with Crippen molar-refractivity contribution in [2.24, 2.45) is 0 Å². The molecule has 20 heavy (non-hydrogen) atoms. The summed E-state index contributed by atoms with van der Waals surface area (Å²) in [6.07, 6.45) is 0. The van der Waals surface area contributed by atoms with E-state index in [9.17, 15) is 8.42 Å². The summed E-state index contributed by atoms with van der Waals surface area (Å²) in [4.78, 5) is 4.46. The van der Waals surface area contributed by atoms with Crippen molar-refractivity contribution >= 4 is 26.5 Å². The van der Waals surface area contributed by atoms with Gasteiger partial charge in [-0.05, 0) is 12.1 Å². The van der Waals surface area contributed by atoms with Crippen molar-refractivity contribution in [1.82, 2.24) is 9.29 Å². The molecule has 0 spiro atoms. The number of hydrogen-bond donors (Lipinski definition) is 1. The Morgan fingerprint density at radius 2 is 2.00 bits per heavy atom. The van der Waals surface area contributed by atoms with E-state index in [1.165, 1.54) is 15.6 Å². The van der Waals surface area contributed by atoms with Gasteiger partial charge < -0.3 is 5.73 Å². The van der Waals surface area contributed by atoms with Crippen LogP contribution in [0.25, 0.3) is 11.3 Å². The van der Waals surface area contributed by atoms with Crippen LogP contribution < -0.4 is 5.73 Å². The van der Waals surface area contributed by atoms with E-state index >= 15 is 0 Å². The third-order valence-electron chi connectivity index (χ3n) is 2.99. The van der Waals surface area contributed by atoms with Crippen molar-refractivity contribution in [2.75, 3.05) is 18.8 Å². The molecule has 0 bridgehead atoms. The van der Waals surface area contributed by atoms with Gasteiger partial charge in [0.05, 0.1) is 10.6 Å². The standard InChI is InChI=1S/C13H17N3O2S2/c1-3-16(4-2)20(17,18)11-7-5-6-10(8-11)12-9-19-13(14)15-12/h5-9H,3-4H2,1-2H3,(H2,14,15). The van der Waals surface area contributed by atoms with E-state index in [1.807, 2.05) is 25.3 Å². The molecule has 0 atom stereocenters. The zero-order valence-electron chi connectivity index (χ0n) is 11.4. The summed E-state index contributed by atoms with van der Waals surface area (Å²) in [6, 6.07) is 6.80. The van der Waals surface area contributed by atoms with E-state index < -0.39 is 10.0 Å². The largest absolute Gasteiger partial charge is 0.375 e. The van der Waals surface area contributed by atoms with Gasteiger partial charge in [0.25, 0.3) is 0 Å². The second-order valence-electron chi connectivity index (χ2n) is 4.19. The molecule has 2 N–H and O–H groups in total. The number of nitrogen functional groups attached to an aromatic ring is 1. The van der Waals surface area contributed by atoms with E-state index in [0.717, 1.165) is 5.56 Å². The lowest BCUT2D eigenvalue weighted by molar-refractivity contribution is 0.445. The average Bonchev–Trinajstić information content (AvgIpc) is 2.87. The van der Waals surface area contributed by atoms with Gasteiger partial charge in [-0.25, -0.2) is 13.4 Å². The molecule has 1 aromatic heterocycles. The highest BCUT2D eigenvalue weighted by molar-refractivity contribution is 7.89. The molecule has 2 aromatic rings. The molecule has 5 nitrogen and oxygen atoms in total. The van der Waals surface area contributed by atoms with E-state index in [2.05, 4.69) is 4.98 Å². The first kappa shape index (κ1) is 15.0. The maximum Gasteiger partial charge on any atom is 0.243 e. The first-order chi connectivity index (χ1) is 9.48. The molecule has 0 radical (unpaired) electrons. The molecule has 0 saturated heterocycles. The van der Waals surface area contributed by atoms with Gasteiger partial charge >= 0.3 is 0 Å². The zero-order chi connectivity index (χ0) is 14.8. The maximum absolute atomic E-state index is 12.5. The molecule has 0 amide bonds. The van der Waals surface area contributed by atoms with Crippen molar-refractivity contribution in [2.45, 2.75) is 18.7 Å². The van der Waals surface area contributed by atoms with Crippen LogP contribution in [0.5, 0.6) is 0 Å². The van der Waals surface area contributed by atoms with E-state index in [1.54, 1.807) is 18.2 Å². The maximum atomic E-state index is 12.5. The molecule has 2 rings (SSSR count). The van der Waals surface area contributed by atoms with Crippen LogP contribution >= 0.6 is 11.3 Å². The van der Waals surface area contributed by atoms with Crippen molar-refractivity contribution in [3.63, 3.8) is 0 Å². The topological polar surface area (TPSA) is 76.3 Å². The number of thiazole rings is 1. The molecule has 0 aliphatic carbocycles. The smallest absolute Gasteiger partial charge is 0.243 e. The molecule has 0 unspecified atom stereocenters. The van der Waals surface area contributed by atoms with Crippen LogP contribution in [0.3, 0.4) is 0 Å². The lowest BCUT2D eigenvalue weighted by atomic mass is 10.2. The number of benzene rings is 1. The highest BCUT2D eigenvalue weighted by atomic mass is 32.2. The fourth-order valence-electron chi connectivity index (χ4n) is 1.95. The summed E-state index contributed by atoms with van der Waals surface area (Å²) in [5.74, 6) is 0. The number of rotatable bonds is 5. The van der Waals surface area contributed by atoms with Crippen molar-refractivity contribution in [3.8, 4) is 11.3 Å². The lowest BCUT2D eigenvalue weighted by Crippen LogP contribution is -2.30. The van der Waals surface area contributed by atoms with Crippen LogP contribution in [-0.2, 0) is 10.0 Å². The van der Waals surface area contributed by atoms with Crippen LogP contribution in [0.4, 0.5) is 5.13 Å². The fraction of sp³-hybridized carbons (Fsp3) is 0.308. The van der Waals surface area contributed by atoms with Crippen molar-refractivity contribution < 1.29 is 8.42 Å². The molecular weight excluding hydrogens is 294 g/mol. The quantitative estimate of drug-likeness (QED) is 0.920. The molecular formula is C13H17N3O2S2. The molecule has 0 aliphatic rings. The van der Waals surface area contributed by atoms with Gasteiger partial charge in [-0.2, -0.15) is 4.31 Å². The van der Waals surface area contributed by atoms with Crippen LogP contribution in [-0.4, -0.2) is 30.8 Å². The summed E-state index contributed by atoms with van der Waals surface area (Å²) in [7, 11) is -3.45. The lowest BCUT2D eigenvalue weighted by Gasteiger charge is -2.18. The molecule has 1 heterocycles. The molecule has 1 aromatic carbocycles. The predicted octanol–water partition coefficient (Wildman–Crippen LogP) is 2.42. The van der Waals surface area contributed by atoms with Gasteiger partial charge in [-0.1, -0.05) is 26.0 Å². The first-order valence-corrected chi connectivity index (χ1v) is 8.62. The van der Waals surface area contributed by atoms with Crippen LogP contribution in [0.15, 0.2) is 34.5 Å². The van der Waals surface area contributed by atoms with Gasteiger partial charge in [0.1, 0.15) is 0 Å². The summed E-state index contributed by atoms with van der Waals surface area (Å²) in [5.41, 5.74) is 7.07. The van der Waals surface area contributed by atoms with E-state index in [4.69, 9.17) is 5.73 Å². The van der Waals surface area contributed by atoms with Crippen molar-refractivity contribution in [3.05, 3.63) is 29.6 Å². The molecule has 7 heteroatoms. The van der Waals surface area contributed by atoms with Gasteiger partial charge in [0.15, 0.2) is 5.13 Å². The monoisotopic (exact) mass is 311 g/mol. The number of nitrogens with two attached hydrogens (primary N) is 1. The highest BCUT2D eigenvalue weighted by Crippen LogP contribution is 2.26. The summed E-state index contributed by atoms with van der Waals surface area (Å²) >= 11 is 1.33.